The van der Waals surface area contributed by atoms with Crippen molar-refractivity contribution in [3.05, 3.63) is 78.0 Å². The number of nitrogens with one attached hydrogen (secondary N) is 1. The molecule has 1 aromatic heterocycles. The molecule has 5 nitrogen and oxygen atoms in total. The lowest BCUT2D eigenvalue weighted by Gasteiger charge is -2.16. The molecular formula is C19H18N2O3. The van der Waals surface area contributed by atoms with E-state index < -0.39 is 6.04 Å². The molecule has 0 spiro atoms. The molecule has 2 N–H and O–H groups in total. The SMILES string of the molecule is O=C(Cc1cc(-c2ccccc2)on1)N[C@H](CO)c1ccccc1. The van der Waals surface area contributed by atoms with Crippen LogP contribution in [0.2, 0.25) is 0 Å². The van der Waals surface area contributed by atoms with Crippen molar-refractivity contribution in [3.8, 4) is 11.3 Å². The molecule has 0 unspecified atom stereocenters. The van der Waals surface area contributed by atoms with E-state index in [4.69, 9.17) is 4.52 Å². The summed E-state index contributed by atoms with van der Waals surface area (Å²) in [4.78, 5) is 12.2. The Morgan fingerprint density at radius 1 is 1.08 bits per heavy atom. The van der Waals surface area contributed by atoms with E-state index in [1.807, 2.05) is 60.7 Å². The van der Waals surface area contributed by atoms with Gasteiger partial charge in [0.05, 0.1) is 24.8 Å². The summed E-state index contributed by atoms with van der Waals surface area (Å²) in [5, 5.41) is 16.2. The first-order valence-electron chi connectivity index (χ1n) is 7.72. The minimum Gasteiger partial charge on any atom is -0.394 e. The lowest BCUT2D eigenvalue weighted by Crippen LogP contribution is -2.32. The molecule has 3 rings (SSSR count). The van der Waals surface area contributed by atoms with Crippen LogP contribution < -0.4 is 5.32 Å². The Labute approximate surface area is 139 Å². The molecule has 0 fully saturated rings. The van der Waals surface area contributed by atoms with Gasteiger partial charge in [-0.15, -0.1) is 0 Å². The minimum atomic E-state index is -0.431. The summed E-state index contributed by atoms with van der Waals surface area (Å²) in [7, 11) is 0. The number of aliphatic hydroxyl groups excluding tert-OH is 1. The van der Waals surface area contributed by atoms with Crippen LogP contribution in [0.25, 0.3) is 11.3 Å². The van der Waals surface area contributed by atoms with Gasteiger partial charge in [-0.05, 0) is 5.56 Å². The Balaban J connectivity index is 1.64. The van der Waals surface area contributed by atoms with Gasteiger partial charge in [-0.2, -0.15) is 0 Å². The summed E-state index contributed by atoms with van der Waals surface area (Å²) in [5.74, 6) is 0.408. The van der Waals surface area contributed by atoms with E-state index in [1.165, 1.54) is 0 Å². The van der Waals surface area contributed by atoms with Crippen LogP contribution in [0.4, 0.5) is 0 Å². The maximum absolute atomic E-state index is 12.2. The number of nitrogens with zero attached hydrogens (tertiary/aromatic N) is 1. The van der Waals surface area contributed by atoms with Crippen molar-refractivity contribution in [1.29, 1.82) is 0 Å². The highest BCUT2D eigenvalue weighted by molar-refractivity contribution is 5.79. The highest BCUT2D eigenvalue weighted by Crippen LogP contribution is 2.20. The third-order valence-electron chi connectivity index (χ3n) is 3.68. The van der Waals surface area contributed by atoms with Gasteiger partial charge in [0.1, 0.15) is 0 Å². The van der Waals surface area contributed by atoms with Crippen molar-refractivity contribution in [3.63, 3.8) is 0 Å². The smallest absolute Gasteiger partial charge is 0.226 e. The third-order valence-corrected chi connectivity index (χ3v) is 3.68. The second kappa shape index (κ2) is 7.57. The molecular weight excluding hydrogens is 304 g/mol. The maximum Gasteiger partial charge on any atom is 0.226 e. The standard InChI is InChI=1S/C19H18N2O3/c22-13-17(14-7-3-1-4-8-14)20-19(23)12-16-11-18(24-21-16)15-9-5-2-6-10-15/h1-11,17,22H,12-13H2,(H,20,23)/t17-/m1/s1. The molecule has 1 amide bonds. The Bertz CT molecular complexity index is 785. The summed E-state index contributed by atoms with van der Waals surface area (Å²) in [5.41, 5.74) is 2.32. The number of carbonyl (C=O) groups is 1. The van der Waals surface area contributed by atoms with Crippen molar-refractivity contribution in [2.75, 3.05) is 6.61 Å². The molecule has 0 aliphatic heterocycles. The van der Waals surface area contributed by atoms with Crippen LogP contribution in [-0.2, 0) is 11.2 Å². The van der Waals surface area contributed by atoms with Crippen LogP contribution >= 0.6 is 0 Å². The predicted molar refractivity (Wildman–Crippen MR) is 90.1 cm³/mol. The van der Waals surface area contributed by atoms with E-state index in [-0.39, 0.29) is 18.9 Å². The third kappa shape index (κ3) is 3.88. The molecule has 2 aromatic carbocycles. The number of amides is 1. The Morgan fingerprint density at radius 2 is 1.75 bits per heavy atom. The molecule has 122 valence electrons. The molecule has 5 heteroatoms. The minimum absolute atomic E-state index is 0.0969. The quantitative estimate of drug-likeness (QED) is 0.732. The van der Waals surface area contributed by atoms with E-state index in [9.17, 15) is 9.90 Å². The topological polar surface area (TPSA) is 75.4 Å². The monoisotopic (exact) mass is 322 g/mol. The average Bonchev–Trinajstić information content (AvgIpc) is 3.09. The van der Waals surface area contributed by atoms with Gasteiger partial charge in [0.25, 0.3) is 0 Å². The average molecular weight is 322 g/mol. The number of carbonyl (C=O) groups excluding carboxylic acids is 1. The first-order chi connectivity index (χ1) is 11.8. The van der Waals surface area contributed by atoms with Crippen molar-refractivity contribution >= 4 is 5.91 Å². The zero-order chi connectivity index (χ0) is 16.8. The summed E-state index contributed by atoms with van der Waals surface area (Å²) < 4.78 is 5.29. The van der Waals surface area contributed by atoms with Crippen LogP contribution in [0.1, 0.15) is 17.3 Å². The fraction of sp³-hybridized carbons (Fsp3) is 0.158. The van der Waals surface area contributed by atoms with Crippen LogP contribution in [0, 0.1) is 0 Å². The molecule has 3 aromatic rings. The molecule has 1 heterocycles. The summed E-state index contributed by atoms with van der Waals surface area (Å²) >= 11 is 0. The number of hydrogen-bond acceptors (Lipinski definition) is 4. The van der Waals surface area contributed by atoms with Crippen LogP contribution in [0.5, 0.6) is 0 Å². The van der Waals surface area contributed by atoms with E-state index >= 15 is 0 Å². The van der Waals surface area contributed by atoms with Crippen LogP contribution in [0.15, 0.2) is 71.3 Å². The molecule has 0 aliphatic rings. The zero-order valence-electron chi connectivity index (χ0n) is 13.1. The number of rotatable bonds is 6. The van der Waals surface area contributed by atoms with E-state index in [1.54, 1.807) is 6.07 Å². The summed E-state index contributed by atoms with van der Waals surface area (Å²) in [6.07, 6.45) is 0.0969. The van der Waals surface area contributed by atoms with Gasteiger partial charge in [0, 0.05) is 11.6 Å². The second-order valence-corrected chi connectivity index (χ2v) is 5.44. The van der Waals surface area contributed by atoms with Crippen molar-refractivity contribution in [2.24, 2.45) is 0 Å². The highest BCUT2D eigenvalue weighted by atomic mass is 16.5. The highest BCUT2D eigenvalue weighted by Gasteiger charge is 2.15. The van der Waals surface area contributed by atoms with Crippen LogP contribution in [-0.4, -0.2) is 22.8 Å². The largest absolute Gasteiger partial charge is 0.394 e. The normalized spacial score (nSPS) is 11.9. The predicted octanol–water partition coefficient (Wildman–Crippen LogP) is 2.73. The Hall–Kier alpha value is -2.92. The first kappa shape index (κ1) is 16.0. The van der Waals surface area contributed by atoms with Crippen molar-refractivity contribution < 1.29 is 14.4 Å². The van der Waals surface area contributed by atoms with Gasteiger partial charge in [-0.3, -0.25) is 4.79 Å². The molecule has 0 radical (unpaired) electrons. The second-order valence-electron chi connectivity index (χ2n) is 5.44. The number of aliphatic hydroxyl groups is 1. The fourth-order valence-corrected chi connectivity index (χ4v) is 2.46. The van der Waals surface area contributed by atoms with E-state index in [0.717, 1.165) is 11.1 Å². The lowest BCUT2D eigenvalue weighted by atomic mass is 10.1. The number of hydrogen-bond donors (Lipinski definition) is 2. The first-order valence-corrected chi connectivity index (χ1v) is 7.72. The Kier molecular flexibility index (Phi) is 5.03. The molecule has 0 saturated heterocycles. The van der Waals surface area contributed by atoms with Gasteiger partial charge in [0.2, 0.25) is 5.91 Å². The summed E-state index contributed by atoms with van der Waals surface area (Å²) in [6.45, 7) is -0.163. The van der Waals surface area contributed by atoms with Crippen LogP contribution in [0.3, 0.4) is 0 Å². The van der Waals surface area contributed by atoms with Gasteiger partial charge in [-0.1, -0.05) is 65.8 Å². The Morgan fingerprint density at radius 3 is 2.42 bits per heavy atom. The van der Waals surface area contributed by atoms with Crippen molar-refractivity contribution in [1.82, 2.24) is 10.5 Å². The molecule has 1 atom stereocenters. The number of benzene rings is 2. The zero-order valence-corrected chi connectivity index (χ0v) is 13.1. The maximum atomic E-state index is 12.2. The lowest BCUT2D eigenvalue weighted by molar-refractivity contribution is -0.121. The molecule has 0 saturated carbocycles. The molecule has 24 heavy (non-hydrogen) atoms. The molecule has 0 aliphatic carbocycles. The van der Waals surface area contributed by atoms with Crippen molar-refractivity contribution in [2.45, 2.75) is 12.5 Å². The van der Waals surface area contributed by atoms with Gasteiger partial charge >= 0.3 is 0 Å². The number of aromatic nitrogens is 1. The van der Waals surface area contributed by atoms with Gasteiger partial charge in [0.15, 0.2) is 5.76 Å². The van der Waals surface area contributed by atoms with E-state index in [0.29, 0.717) is 11.5 Å². The van der Waals surface area contributed by atoms with Gasteiger partial charge in [-0.25, -0.2) is 0 Å². The van der Waals surface area contributed by atoms with E-state index in [2.05, 4.69) is 10.5 Å². The summed E-state index contributed by atoms with van der Waals surface area (Å²) in [6, 6.07) is 20.3. The molecule has 0 bridgehead atoms. The fourth-order valence-electron chi connectivity index (χ4n) is 2.46. The van der Waals surface area contributed by atoms with Gasteiger partial charge < -0.3 is 14.9 Å².